The molecule has 0 amide bonds. The van der Waals surface area contributed by atoms with Gasteiger partial charge in [0.05, 0.1) is 0 Å². The average Bonchev–Trinajstić information content (AvgIpc) is 2.37. The highest BCUT2D eigenvalue weighted by molar-refractivity contribution is 5.36. The molecule has 4 heteroatoms. The van der Waals surface area contributed by atoms with E-state index < -0.39 is 6.61 Å². The van der Waals surface area contributed by atoms with Crippen LogP contribution in [0.2, 0.25) is 0 Å². The Kier molecular flexibility index (Phi) is 7.52. The summed E-state index contributed by atoms with van der Waals surface area (Å²) >= 11 is 0. The smallest absolute Gasteiger partial charge is 0.387 e. The fraction of sp³-hybridized carbons (Fsp3) is 0.625. The molecular formula is C16H25F2NO. The zero-order valence-corrected chi connectivity index (χ0v) is 12.5. The molecule has 1 aromatic carbocycles. The summed E-state index contributed by atoms with van der Waals surface area (Å²) in [5, 5.41) is 3.36. The first-order valence-electron chi connectivity index (χ1n) is 7.31. The van der Waals surface area contributed by atoms with E-state index >= 15 is 0 Å². The summed E-state index contributed by atoms with van der Waals surface area (Å²) in [7, 11) is 0. The SMILES string of the molecule is CCNC(CCCC(C)C)c1ccccc1OC(F)F. The summed E-state index contributed by atoms with van der Waals surface area (Å²) in [6, 6.07) is 7.11. The molecule has 1 N–H and O–H groups in total. The minimum Gasteiger partial charge on any atom is -0.434 e. The minimum absolute atomic E-state index is 0.0636. The zero-order valence-electron chi connectivity index (χ0n) is 12.5. The second kappa shape index (κ2) is 8.90. The first kappa shape index (κ1) is 16.9. The summed E-state index contributed by atoms with van der Waals surface area (Å²) in [5.74, 6) is 0.933. The standard InChI is InChI=1S/C16H25F2NO/c1-4-19-14(10-7-8-12(2)3)13-9-5-6-11-15(13)20-16(17)18/h5-6,9,11-12,14,16,19H,4,7-8,10H2,1-3H3. The molecule has 0 aromatic heterocycles. The van der Waals surface area contributed by atoms with Gasteiger partial charge < -0.3 is 10.1 Å². The van der Waals surface area contributed by atoms with E-state index in [1.807, 2.05) is 19.1 Å². The summed E-state index contributed by atoms with van der Waals surface area (Å²) in [6.07, 6.45) is 3.13. The monoisotopic (exact) mass is 285 g/mol. The number of hydrogen-bond donors (Lipinski definition) is 1. The number of benzene rings is 1. The maximum atomic E-state index is 12.5. The van der Waals surface area contributed by atoms with Crippen LogP contribution in [0.5, 0.6) is 5.75 Å². The van der Waals surface area contributed by atoms with Crippen molar-refractivity contribution in [3.8, 4) is 5.75 Å². The first-order chi connectivity index (χ1) is 9.54. The van der Waals surface area contributed by atoms with Crippen LogP contribution in [0.4, 0.5) is 8.78 Å². The molecule has 20 heavy (non-hydrogen) atoms. The van der Waals surface area contributed by atoms with Crippen LogP contribution in [0.25, 0.3) is 0 Å². The Morgan fingerprint density at radius 1 is 1.15 bits per heavy atom. The lowest BCUT2D eigenvalue weighted by Crippen LogP contribution is -2.22. The van der Waals surface area contributed by atoms with Crippen LogP contribution < -0.4 is 10.1 Å². The maximum Gasteiger partial charge on any atom is 0.387 e. The lowest BCUT2D eigenvalue weighted by molar-refractivity contribution is -0.0507. The molecule has 0 radical (unpaired) electrons. The zero-order chi connectivity index (χ0) is 15.0. The number of nitrogens with one attached hydrogen (secondary N) is 1. The van der Waals surface area contributed by atoms with Crippen molar-refractivity contribution in [3.05, 3.63) is 29.8 Å². The van der Waals surface area contributed by atoms with Crippen LogP contribution in [0, 0.1) is 5.92 Å². The van der Waals surface area contributed by atoms with Crippen LogP contribution in [0.1, 0.15) is 51.6 Å². The molecule has 0 spiro atoms. The highest BCUT2D eigenvalue weighted by atomic mass is 19.3. The van der Waals surface area contributed by atoms with Gasteiger partial charge in [0.1, 0.15) is 5.75 Å². The van der Waals surface area contributed by atoms with Gasteiger partial charge in [-0.3, -0.25) is 0 Å². The number of ether oxygens (including phenoxy) is 1. The number of alkyl halides is 2. The Morgan fingerprint density at radius 2 is 1.85 bits per heavy atom. The largest absolute Gasteiger partial charge is 0.434 e. The van der Waals surface area contributed by atoms with Gasteiger partial charge in [-0.1, -0.05) is 51.8 Å². The average molecular weight is 285 g/mol. The molecule has 1 atom stereocenters. The van der Waals surface area contributed by atoms with Crippen LogP contribution >= 0.6 is 0 Å². The Bertz CT molecular complexity index is 382. The number of para-hydroxylation sites is 1. The van der Waals surface area contributed by atoms with Crippen molar-refractivity contribution in [1.29, 1.82) is 0 Å². The fourth-order valence-electron chi connectivity index (χ4n) is 2.32. The van der Waals surface area contributed by atoms with Gasteiger partial charge in [-0.05, 0) is 24.9 Å². The molecular weight excluding hydrogens is 260 g/mol. The summed E-state index contributed by atoms with van der Waals surface area (Å²) in [5.41, 5.74) is 0.818. The van der Waals surface area contributed by atoms with Gasteiger partial charge in [0.25, 0.3) is 0 Å². The third-order valence-electron chi connectivity index (χ3n) is 3.24. The van der Waals surface area contributed by atoms with Crippen molar-refractivity contribution in [2.75, 3.05) is 6.54 Å². The van der Waals surface area contributed by atoms with Gasteiger partial charge in [-0.25, -0.2) is 0 Å². The molecule has 0 aliphatic heterocycles. The fourth-order valence-corrected chi connectivity index (χ4v) is 2.32. The Balaban J connectivity index is 2.79. The highest BCUT2D eigenvalue weighted by Gasteiger charge is 2.17. The molecule has 1 aromatic rings. The van der Waals surface area contributed by atoms with E-state index in [9.17, 15) is 8.78 Å². The van der Waals surface area contributed by atoms with E-state index in [4.69, 9.17) is 0 Å². The Hall–Kier alpha value is -1.16. The second-order valence-electron chi connectivity index (χ2n) is 5.35. The molecule has 114 valence electrons. The minimum atomic E-state index is -2.78. The lowest BCUT2D eigenvalue weighted by atomic mass is 9.97. The molecule has 1 unspecified atom stereocenters. The van der Waals surface area contributed by atoms with Gasteiger partial charge in [0, 0.05) is 11.6 Å². The summed E-state index contributed by atoms with van der Waals surface area (Å²) in [6.45, 7) is 4.42. The van der Waals surface area contributed by atoms with Gasteiger partial charge in [0.2, 0.25) is 0 Å². The predicted octanol–water partition coefficient (Wildman–Crippen LogP) is 4.76. The summed E-state index contributed by atoms with van der Waals surface area (Å²) in [4.78, 5) is 0. The van der Waals surface area contributed by atoms with Gasteiger partial charge in [0.15, 0.2) is 0 Å². The molecule has 0 heterocycles. The van der Waals surface area contributed by atoms with E-state index in [-0.39, 0.29) is 11.8 Å². The molecule has 2 nitrogen and oxygen atoms in total. The quantitative estimate of drug-likeness (QED) is 0.706. The molecule has 0 aliphatic rings. The van der Waals surface area contributed by atoms with Crippen molar-refractivity contribution in [3.63, 3.8) is 0 Å². The van der Waals surface area contributed by atoms with Crippen LogP contribution in [0.3, 0.4) is 0 Å². The lowest BCUT2D eigenvalue weighted by Gasteiger charge is -2.21. The van der Waals surface area contributed by atoms with Gasteiger partial charge >= 0.3 is 6.61 Å². The number of rotatable bonds is 9. The van der Waals surface area contributed by atoms with Crippen molar-refractivity contribution >= 4 is 0 Å². The van der Waals surface area contributed by atoms with Crippen molar-refractivity contribution < 1.29 is 13.5 Å². The van der Waals surface area contributed by atoms with Crippen molar-refractivity contribution in [2.45, 2.75) is 52.7 Å². The maximum absolute atomic E-state index is 12.5. The van der Waals surface area contributed by atoms with Crippen LogP contribution in [-0.4, -0.2) is 13.2 Å². The summed E-state index contributed by atoms with van der Waals surface area (Å²) < 4.78 is 29.6. The number of halogens is 2. The molecule has 0 bridgehead atoms. The predicted molar refractivity (Wildman–Crippen MR) is 78.2 cm³/mol. The highest BCUT2D eigenvalue weighted by Crippen LogP contribution is 2.30. The van der Waals surface area contributed by atoms with Gasteiger partial charge in [-0.15, -0.1) is 0 Å². The Labute approximate surface area is 120 Å². The third kappa shape index (κ3) is 5.87. The first-order valence-corrected chi connectivity index (χ1v) is 7.31. The number of hydrogen-bond acceptors (Lipinski definition) is 2. The van der Waals surface area contributed by atoms with Crippen molar-refractivity contribution in [1.82, 2.24) is 5.32 Å². The normalized spacial score (nSPS) is 12.9. The van der Waals surface area contributed by atoms with Crippen LogP contribution in [0.15, 0.2) is 24.3 Å². The van der Waals surface area contributed by atoms with E-state index in [2.05, 4.69) is 23.9 Å². The van der Waals surface area contributed by atoms with E-state index in [1.165, 1.54) is 0 Å². The molecule has 0 aliphatic carbocycles. The van der Waals surface area contributed by atoms with E-state index in [1.54, 1.807) is 12.1 Å². The molecule has 0 saturated heterocycles. The third-order valence-corrected chi connectivity index (χ3v) is 3.24. The molecule has 0 saturated carbocycles. The Morgan fingerprint density at radius 3 is 2.45 bits per heavy atom. The van der Waals surface area contributed by atoms with Crippen LogP contribution in [-0.2, 0) is 0 Å². The molecule has 1 rings (SSSR count). The molecule has 0 fully saturated rings. The van der Waals surface area contributed by atoms with Gasteiger partial charge in [-0.2, -0.15) is 8.78 Å². The topological polar surface area (TPSA) is 21.3 Å². The van der Waals surface area contributed by atoms with E-state index in [0.717, 1.165) is 31.4 Å². The van der Waals surface area contributed by atoms with E-state index in [0.29, 0.717) is 5.92 Å². The second-order valence-corrected chi connectivity index (χ2v) is 5.35. The van der Waals surface area contributed by atoms with Crippen molar-refractivity contribution in [2.24, 2.45) is 5.92 Å².